The monoisotopic (exact) mass is 274 g/mol. The largest absolute Gasteiger partial charge is 0.478 e. The van der Waals surface area contributed by atoms with E-state index in [0.29, 0.717) is 12.1 Å². The molecular formula is C16H22N2O2. The van der Waals surface area contributed by atoms with Gasteiger partial charge in [-0.15, -0.1) is 0 Å². The van der Waals surface area contributed by atoms with Gasteiger partial charge in [-0.3, -0.25) is 4.90 Å². The van der Waals surface area contributed by atoms with E-state index in [1.165, 1.54) is 5.56 Å². The van der Waals surface area contributed by atoms with Crippen LogP contribution in [0.4, 0.5) is 0 Å². The Morgan fingerprint density at radius 1 is 1.30 bits per heavy atom. The quantitative estimate of drug-likeness (QED) is 0.824. The predicted octanol–water partition coefficient (Wildman–Crippen LogP) is 1.97. The fraction of sp³-hybridized carbons (Fsp3) is 0.438. The van der Waals surface area contributed by atoms with E-state index in [0.717, 1.165) is 31.3 Å². The minimum absolute atomic E-state index is 0.525. The number of carbonyl (C=O) groups is 1. The summed E-state index contributed by atoms with van der Waals surface area (Å²) in [6.45, 7) is 7.49. The molecule has 1 saturated heterocycles. The maximum Gasteiger partial charge on any atom is 0.328 e. The van der Waals surface area contributed by atoms with Crippen molar-refractivity contribution in [2.45, 2.75) is 32.5 Å². The summed E-state index contributed by atoms with van der Waals surface area (Å²) in [5.41, 5.74) is 2.18. The highest BCUT2D eigenvalue weighted by Crippen LogP contribution is 2.12. The van der Waals surface area contributed by atoms with Gasteiger partial charge in [-0.1, -0.05) is 24.3 Å². The Bertz CT molecular complexity index is 472. The second-order valence-corrected chi connectivity index (χ2v) is 5.58. The molecule has 1 aliphatic heterocycles. The van der Waals surface area contributed by atoms with Gasteiger partial charge < -0.3 is 10.4 Å². The summed E-state index contributed by atoms with van der Waals surface area (Å²) in [6, 6.07) is 9.11. The van der Waals surface area contributed by atoms with Gasteiger partial charge in [0, 0.05) is 37.8 Å². The second kappa shape index (κ2) is 6.68. The average Bonchev–Trinajstić information content (AvgIpc) is 2.36. The van der Waals surface area contributed by atoms with E-state index in [2.05, 4.69) is 36.2 Å². The van der Waals surface area contributed by atoms with Gasteiger partial charge in [0.25, 0.3) is 0 Å². The van der Waals surface area contributed by atoms with E-state index in [1.54, 1.807) is 6.08 Å². The van der Waals surface area contributed by atoms with Crippen LogP contribution in [0.5, 0.6) is 0 Å². The molecule has 0 radical (unpaired) electrons. The summed E-state index contributed by atoms with van der Waals surface area (Å²) in [6.07, 6.45) is 2.77. The molecule has 20 heavy (non-hydrogen) atoms. The molecule has 0 spiro atoms. The van der Waals surface area contributed by atoms with Crippen molar-refractivity contribution in [3.8, 4) is 0 Å². The van der Waals surface area contributed by atoms with Gasteiger partial charge in [-0.2, -0.15) is 0 Å². The lowest BCUT2D eigenvalue weighted by molar-refractivity contribution is -0.131. The Balaban J connectivity index is 1.95. The van der Waals surface area contributed by atoms with Crippen LogP contribution in [0.25, 0.3) is 6.08 Å². The highest BCUT2D eigenvalue weighted by molar-refractivity contribution is 5.85. The van der Waals surface area contributed by atoms with Crippen LogP contribution in [0.3, 0.4) is 0 Å². The van der Waals surface area contributed by atoms with Crippen molar-refractivity contribution in [2.24, 2.45) is 0 Å². The van der Waals surface area contributed by atoms with Crippen molar-refractivity contribution >= 4 is 12.0 Å². The molecule has 108 valence electrons. The molecule has 4 nitrogen and oxygen atoms in total. The molecule has 0 bridgehead atoms. The van der Waals surface area contributed by atoms with Gasteiger partial charge in [0.1, 0.15) is 0 Å². The standard InChI is InChI=1S/C16H22N2O2/c1-12-9-18(10-13(2)17-12)11-15-5-3-14(4-6-15)7-8-16(19)20/h3-8,12-13,17H,9-11H2,1-2H3,(H,19,20)/t12-,13+. The molecule has 2 N–H and O–H groups in total. The van der Waals surface area contributed by atoms with Crippen molar-refractivity contribution in [1.29, 1.82) is 0 Å². The molecule has 0 amide bonds. The summed E-state index contributed by atoms with van der Waals surface area (Å²) >= 11 is 0. The number of carboxylic acid groups (broad SMARTS) is 1. The maximum absolute atomic E-state index is 10.5. The van der Waals surface area contributed by atoms with Crippen molar-refractivity contribution in [2.75, 3.05) is 13.1 Å². The lowest BCUT2D eigenvalue weighted by atomic mass is 10.1. The first-order valence-corrected chi connectivity index (χ1v) is 7.01. The second-order valence-electron chi connectivity index (χ2n) is 5.58. The van der Waals surface area contributed by atoms with E-state index >= 15 is 0 Å². The van der Waals surface area contributed by atoms with Crippen LogP contribution in [0.2, 0.25) is 0 Å². The highest BCUT2D eigenvalue weighted by Gasteiger charge is 2.20. The molecule has 1 aromatic carbocycles. The van der Waals surface area contributed by atoms with Gasteiger partial charge in [-0.25, -0.2) is 4.79 Å². The number of nitrogens with zero attached hydrogens (tertiary/aromatic N) is 1. The van der Waals surface area contributed by atoms with Crippen LogP contribution in [0.15, 0.2) is 30.3 Å². The van der Waals surface area contributed by atoms with Gasteiger partial charge in [0.2, 0.25) is 0 Å². The topological polar surface area (TPSA) is 52.6 Å². The molecule has 2 atom stereocenters. The summed E-state index contributed by atoms with van der Waals surface area (Å²) in [5.74, 6) is -0.919. The number of piperazine rings is 1. The lowest BCUT2D eigenvalue weighted by Gasteiger charge is -2.36. The third kappa shape index (κ3) is 4.47. The summed E-state index contributed by atoms with van der Waals surface area (Å²) in [7, 11) is 0. The number of hydrogen-bond donors (Lipinski definition) is 2. The zero-order valence-electron chi connectivity index (χ0n) is 12.0. The summed E-state index contributed by atoms with van der Waals surface area (Å²) in [4.78, 5) is 12.9. The molecule has 0 saturated carbocycles. The molecular weight excluding hydrogens is 252 g/mol. The van der Waals surface area contributed by atoms with Crippen LogP contribution in [0, 0.1) is 0 Å². The molecule has 1 aromatic rings. The minimum atomic E-state index is -0.919. The van der Waals surface area contributed by atoms with Crippen LogP contribution in [0.1, 0.15) is 25.0 Å². The van der Waals surface area contributed by atoms with E-state index in [-0.39, 0.29) is 0 Å². The van der Waals surface area contributed by atoms with Gasteiger partial charge in [-0.05, 0) is 31.1 Å². The zero-order chi connectivity index (χ0) is 14.5. The Labute approximate surface area is 120 Å². The Kier molecular flexibility index (Phi) is 4.93. The number of rotatable bonds is 4. The predicted molar refractivity (Wildman–Crippen MR) is 80.4 cm³/mol. The zero-order valence-corrected chi connectivity index (χ0v) is 12.0. The number of hydrogen-bond acceptors (Lipinski definition) is 3. The van der Waals surface area contributed by atoms with Crippen molar-refractivity contribution in [3.05, 3.63) is 41.5 Å². The molecule has 4 heteroatoms. The highest BCUT2D eigenvalue weighted by atomic mass is 16.4. The minimum Gasteiger partial charge on any atom is -0.478 e. The molecule has 1 heterocycles. The molecule has 0 aromatic heterocycles. The smallest absolute Gasteiger partial charge is 0.328 e. The number of aliphatic carboxylic acids is 1. The number of benzene rings is 1. The first-order chi connectivity index (χ1) is 9.52. The third-order valence-electron chi connectivity index (χ3n) is 3.44. The van der Waals surface area contributed by atoms with Gasteiger partial charge >= 0.3 is 5.97 Å². The lowest BCUT2D eigenvalue weighted by Crippen LogP contribution is -2.53. The average molecular weight is 274 g/mol. The normalized spacial score (nSPS) is 24.1. The van der Waals surface area contributed by atoms with Gasteiger partial charge in [0.15, 0.2) is 0 Å². The molecule has 1 fully saturated rings. The number of nitrogens with one attached hydrogen (secondary N) is 1. The first kappa shape index (κ1) is 14.8. The van der Waals surface area contributed by atoms with Gasteiger partial charge in [0.05, 0.1) is 0 Å². The summed E-state index contributed by atoms with van der Waals surface area (Å²) < 4.78 is 0. The van der Waals surface area contributed by atoms with Crippen LogP contribution >= 0.6 is 0 Å². The Morgan fingerprint density at radius 2 is 1.90 bits per heavy atom. The maximum atomic E-state index is 10.5. The van der Waals surface area contributed by atoms with Crippen molar-refractivity contribution in [3.63, 3.8) is 0 Å². The fourth-order valence-electron chi connectivity index (χ4n) is 2.73. The Hall–Kier alpha value is -1.65. The molecule has 0 aliphatic carbocycles. The summed E-state index contributed by atoms with van der Waals surface area (Å²) in [5, 5.41) is 12.1. The molecule has 2 rings (SSSR count). The van der Waals surface area contributed by atoms with Crippen molar-refractivity contribution < 1.29 is 9.90 Å². The molecule has 1 aliphatic rings. The van der Waals surface area contributed by atoms with E-state index in [9.17, 15) is 4.79 Å². The van der Waals surface area contributed by atoms with E-state index in [1.807, 2.05) is 12.1 Å². The van der Waals surface area contributed by atoms with Crippen LogP contribution in [-0.4, -0.2) is 41.1 Å². The number of carboxylic acids is 1. The van der Waals surface area contributed by atoms with E-state index in [4.69, 9.17) is 5.11 Å². The van der Waals surface area contributed by atoms with Crippen molar-refractivity contribution in [1.82, 2.24) is 10.2 Å². The Morgan fingerprint density at radius 3 is 2.45 bits per heavy atom. The van der Waals surface area contributed by atoms with Crippen LogP contribution < -0.4 is 5.32 Å². The molecule has 0 unspecified atom stereocenters. The fourth-order valence-corrected chi connectivity index (χ4v) is 2.73. The first-order valence-electron chi connectivity index (χ1n) is 7.01. The van der Waals surface area contributed by atoms with E-state index < -0.39 is 5.97 Å². The third-order valence-corrected chi connectivity index (χ3v) is 3.44. The van der Waals surface area contributed by atoms with Crippen LogP contribution in [-0.2, 0) is 11.3 Å². The SMILES string of the molecule is C[C@@H]1CN(Cc2ccc(C=CC(=O)O)cc2)C[C@H](C)N1.